The highest BCUT2D eigenvalue weighted by molar-refractivity contribution is 6.73. The van der Waals surface area contributed by atoms with Crippen LogP contribution >= 0.6 is 0 Å². The summed E-state index contributed by atoms with van der Waals surface area (Å²) in [6.45, 7) is 0. The fourth-order valence-corrected chi connectivity index (χ4v) is 5.85. The number of alkyl halides is 10. The molecule has 0 rings (SSSR count). The van der Waals surface area contributed by atoms with Gasteiger partial charge in [0.15, 0.2) is 8.40 Å². The minimum Gasteiger partial charge on any atom is -0.339 e. The predicted molar refractivity (Wildman–Crippen MR) is 120 cm³/mol. The van der Waals surface area contributed by atoms with E-state index in [1.165, 1.54) is 0 Å². The van der Waals surface area contributed by atoms with Crippen LogP contribution in [0.2, 0.25) is 12.1 Å². The molecule has 0 aliphatic heterocycles. The second kappa shape index (κ2) is 15.6. The standard InChI is InChI=1S/C22H40F10N2Si/c23-19(24,21(27,28)29)15-11-7-3-1-5-9-13-17-35(33,34)18-14-10-6-2-4-8-12-16-20(25,26)22(30,31)32/h1-18,33-34H2. The highest BCUT2D eigenvalue weighted by Crippen LogP contribution is 2.40. The van der Waals surface area contributed by atoms with Crippen molar-refractivity contribution in [3.8, 4) is 0 Å². The summed E-state index contributed by atoms with van der Waals surface area (Å²) in [5.41, 5.74) is 0. The molecule has 4 N–H and O–H groups in total. The van der Waals surface area contributed by atoms with E-state index in [4.69, 9.17) is 10.8 Å². The summed E-state index contributed by atoms with van der Waals surface area (Å²) < 4.78 is 124. The largest absolute Gasteiger partial charge is 0.453 e. The minimum atomic E-state index is -5.49. The van der Waals surface area contributed by atoms with E-state index < -0.39 is 45.4 Å². The highest BCUT2D eigenvalue weighted by atomic mass is 28.3. The van der Waals surface area contributed by atoms with Crippen LogP contribution in [0.1, 0.15) is 103 Å². The quantitative estimate of drug-likeness (QED) is 0.0903. The maximum absolute atomic E-state index is 12.8. The molecule has 0 radical (unpaired) electrons. The zero-order valence-electron chi connectivity index (χ0n) is 20.2. The van der Waals surface area contributed by atoms with E-state index >= 15 is 0 Å². The van der Waals surface area contributed by atoms with E-state index in [1.54, 1.807) is 0 Å². The van der Waals surface area contributed by atoms with Crippen molar-refractivity contribution in [2.45, 2.75) is 139 Å². The lowest BCUT2D eigenvalue weighted by molar-refractivity contribution is -0.284. The number of halogens is 10. The van der Waals surface area contributed by atoms with Gasteiger partial charge in [0.2, 0.25) is 0 Å². The van der Waals surface area contributed by atoms with E-state index in [-0.39, 0.29) is 12.8 Å². The van der Waals surface area contributed by atoms with Gasteiger partial charge in [0.05, 0.1) is 0 Å². The first kappa shape index (κ1) is 34.4. The van der Waals surface area contributed by atoms with Gasteiger partial charge in [-0.2, -0.15) is 43.9 Å². The maximum Gasteiger partial charge on any atom is 0.453 e. The minimum absolute atomic E-state index is 0.165. The molecule has 212 valence electrons. The number of unbranched alkanes of at least 4 members (excludes halogenated alkanes) is 12. The van der Waals surface area contributed by atoms with Gasteiger partial charge in [-0.3, -0.25) is 0 Å². The monoisotopic (exact) mass is 550 g/mol. The lowest BCUT2D eigenvalue weighted by Crippen LogP contribution is -2.55. The third-order valence-electron chi connectivity index (χ3n) is 6.10. The summed E-state index contributed by atoms with van der Waals surface area (Å²) >= 11 is 0. The smallest absolute Gasteiger partial charge is 0.339 e. The van der Waals surface area contributed by atoms with Crippen LogP contribution in [0.4, 0.5) is 43.9 Å². The van der Waals surface area contributed by atoms with Crippen LogP contribution in [0.25, 0.3) is 0 Å². The summed E-state index contributed by atoms with van der Waals surface area (Å²) in [6.07, 6.45) is -5.16. The van der Waals surface area contributed by atoms with Crippen molar-refractivity contribution in [3.05, 3.63) is 0 Å². The zero-order valence-corrected chi connectivity index (χ0v) is 21.2. The van der Waals surface area contributed by atoms with Crippen LogP contribution in [-0.2, 0) is 0 Å². The molecular weight excluding hydrogens is 510 g/mol. The van der Waals surface area contributed by atoms with Crippen molar-refractivity contribution in [1.82, 2.24) is 0 Å². The van der Waals surface area contributed by atoms with Gasteiger partial charge in [0.1, 0.15) is 0 Å². The van der Waals surface area contributed by atoms with Gasteiger partial charge in [-0.15, -0.1) is 0 Å². The molecule has 0 unspecified atom stereocenters. The molecule has 13 heteroatoms. The van der Waals surface area contributed by atoms with Crippen LogP contribution in [0.3, 0.4) is 0 Å². The topological polar surface area (TPSA) is 52.0 Å². The van der Waals surface area contributed by atoms with Crippen molar-refractivity contribution in [1.29, 1.82) is 0 Å². The highest BCUT2D eigenvalue weighted by Gasteiger charge is 2.57. The summed E-state index contributed by atoms with van der Waals surface area (Å²) in [4.78, 5) is 0. The Morgan fingerprint density at radius 1 is 0.371 bits per heavy atom. The Hall–Kier alpha value is -0.563. The molecule has 0 saturated carbocycles. The van der Waals surface area contributed by atoms with Gasteiger partial charge in [0, 0.05) is 12.8 Å². The average Bonchev–Trinajstić information content (AvgIpc) is 2.69. The molecule has 0 aromatic carbocycles. The third-order valence-corrected chi connectivity index (χ3v) is 8.66. The lowest BCUT2D eigenvalue weighted by Gasteiger charge is -2.21. The fraction of sp³-hybridized carbons (Fsp3) is 1.00. The average molecular weight is 551 g/mol. The Labute approximate surface area is 202 Å². The van der Waals surface area contributed by atoms with Gasteiger partial charge < -0.3 is 10.8 Å². The van der Waals surface area contributed by atoms with Gasteiger partial charge >= 0.3 is 24.2 Å². The van der Waals surface area contributed by atoms with Crippen LogP contribution in [-0.4, -0.2) is 32.6 Å². The molecule has 0 bridgehead atoms. The van der Waals surface area contributed by atoms with Crippen molar-refractivity contribution in [2.75, 3.05) is 0 Å². The van der Waals surface area contributed by atoms with Crippen molar-refractivity contribution in [3.63, 3.8) is 0 Å². The van der Waals surface area contributed by atoms with Crippen molar-refractivity contribution >= 4 is 8.40 Å². The van der Waals surface area contributed by atoms with Crippen LogP contribution in [0.5, 0.6) is 0 Å². The van der Waals surface area contributed by atoms with E-state index in [0.717, 1.165) is 63.5 Å². The van der Waals surface area contributed by atoms with Crippen LogP contribution in [0, 0.1) is 0 Å². The first-order chi connectivity index (χ1) is 15.9. The SMILES string of the molecule is N[Si](N)(CCCCCCCCCC(F)(F)C(F)(F)F)CCCCCCCCCC(F)(F)C(F)(F)F. The van der Waals surface area contributed by atoms with Gasteiger partial charge in [-0.25, -0.2) is 0 Å². The zero-order chi connectivity index (χ0) is 27.2. The number of nitrogens with two attached hydrogens (primary N) is 2. The Kier molecular flexibility index (Phi) is 15.4. The second-order valence-corrected chi connectivity index (χ2v) is 13.1. The van der Waals surface area contributed by atoms with Gasteiger partial charge in [-0.05, 0) is 24.9 Å². The number of rotatable bonds is 20. The van der Waals surface area contributed by atoms with Crippen LogP contribution < -0.4 is 10.8 Å². The molecule has 0 atom stereocenters. The van der Waals surface area contributed by atoms with Crippen molar-refractivity contribution in [2.24, 2.45) is 10.8 Å². The van der Waals surface area contributed by atoms with Gasteiger partial charge in [0.25, 0.3) is 0 Å². The number of hydrogen-bond donors (Lipinski definition) is 2. The normalized spacial score (nSPS) is 14.1. The summed E-state index contributed by atoms with van der Waals surface area (Å²) in [6, 6.07) is 1.47. The molecular formula is C22H40F10N2Si. The Morgan fingerprint density at radius 3 is 0.857 bits per heavy atom. The molecule has 2 nitrogen and oxygen atoms in total. The number of hydrogen-bond acceptors (Lipinski definition) is 2. The molecule has 0 aliphatic rings. The maximum atomic E-state index is 12.8. The van der Waals surface area contributed by atoms with Gasteiger partial charge in [-0.1, -0.05) is 77.0 Å². The molecule has 0 saturated heterocycles. The molecule has 35 heavy (non-hydrogen) atoms. The molecule has 0 amide bonds. The van der Waals surface area contributed by atoms with E-state index in [2.05, 4.69) is 0 Å². The predicted octanol–water partition coefficient (Wildman–Crippen LogP) is 8.98. The second-order valence-electron chi connectivity index (χ2n) is 9.59. The van der Waals surface area contributed by atoms with E-state index in [9.17, 15) is 43.9 Å². The van der Waals surface area contributed by atoms with Crippen LogP contribution in [0.15, 0.2) is 0 Å². The Bertz CT molecular complexity index is 505. The Morgan fingerprint density at radius 2 is 0.600 bits per heavy atom. The molecule has 0 aliphatic carbocycles. The molecule has 0 spiro atoms. The first-order valence-electron chi connectivity index (χ1n) is 12.4. The van der Waals surface area contributed by atoms with E-state index in [0.29, 0.717) is 25.7 Å². The third kappa shape index (κ3) is 16.0. The fourth-order valence-electron chi connectivity index (χ4n) is 3.78. The summed E-state index contributed by atoms with van der Waals surface area (Å²) in [5.74, 6) is -9.24. The molecule has 0 heterocycles. The lowest BCUT2D eigenvalue weighted by atomic mass is 10.1. The molecule has 0 aromatic heterocycles. The first-order valence-corrected chi connectivity index (χ1v) is 15.0. The Balaban J connectivity index is 3.63. The van der Waals surface area contributed by atoms with Crippen molar-refractivity contribution < 1.29 is 43.9 Å². The molecule has 0 aromatic rings. The summed E-state index contributed by atoms with van der Waals surface area (Å²) in [7, 11) is -2.32. The molecule has 0 fully saturated rings. The summed E-state index contributed by atoms with van der Waals surface area (Å²) in [5, 5.41) is 12.4. The van der Waals surface area contributed by atoms with E-state index in [1.807, 2.05) is 0 Å².